The van der Waals surface area contributed by atoms with Crippen LogP contribution in [0.4, 0.5) is 0 Å². The van der Waals surface area contributed by atoms with Crippen molar-refractivity contribution in [3.63, 3.8) is 0 Å². The predicted molar refractivity (Wildman–Crippen MR) is 71.2 cm³/mol. The number of aliphatic hydroxyl groups excluding tert-OH is 1. The summed E-state index contributed by atoms with van der Waals surface area (Å²) in [6.45, 7) is 8.40. The van der Waals surface area contributed by atoms with Crippen LogP contribution in [0.25, 0.3) is 0 Å². The average molecular weight is 233 g/mol. The van der Waals surface area contributed by atoms with E-state index in [1.165, 1.54) is 16.7 Å². The second-order valence-corrected chi connectivity index (χ2v) is 5.34. The fourth-order valence-corrected chi connectivity index (χ4v) is 3.05. The number of aryl methyl sites for hydroxylation is 3. The maximum atomic E-state index is 10.6. The van der Waals surface area contributed by atoms with Gasteiger partial charge in [0.2, 0.25) is 0 Å². The minimum atomic E-state index is -0.294. The highest BCUT2D eigenvalue weighted by atomic mass is 16.3. The highest BCUT2D eigenvalue weighted by Crippen LogP contribution is 2.33. The van der Waals surface area contributed by atoms with Crippen LogP contribution in [0.3, 0.4) is 0 Å². The van der Waals surface area contributed by atoms with Crippen LogP contribution in [0.5, 0.6) is 0 Å². The van der Waals surface area contributed by atoms with Crippen molar-refractivity contribution in [3.05, 3.63) is 34.4 Å². The van der Waals surface area contributed by atoms with Crippen LogP contribution in [0.2, 0.25) is 0 Å². The molecule has 0 saturated carbocycles. The molecule has 1 aliphatic rings. The molecule has 1 unspecified atom stereocenters. The summed E-state index contributed by atoms with van der Waals surface area (Å²) in [6.07, 6.45) is 1.86. The number of hydrogen-bond donors (Lipinski definition) is 2. The Bertz CT molecular complexity index is 371. The summed E-state index contributed by atoms with van der Waals surface area (Å²) < 4.78 is 0. The molecule has 2 N–H and O–H groups in total. The molecule has 0 aliphatic carbocycles. The lowest BCUT2D eigenvalue weighted by Gasteiger charge is -2.29. The van der Waals surface area contributed by atoms with E-state index in [1.54, 1.807) is 0 Å². The van der Waals surface area contributed by atoms with Crippen molar-refractivity contribution in [2.45, 2.75) is 39.7 Å². The lowest BCUT2D eigenvalue weighted by Crippen LogP contribution is -2.31. The van der Waals surface area contributed by atoms with E-state index in [9.17, 15) is 5.11 Å². The minimum absolute atomic E-state index is 0.294. The standard InChI is InChI=1S/C15H23NO/c1-10-8-11(2)14(12(3)9-10)15(17)13-4-6-16-7-5-13/h8-9,13,15-17H,4-7H2,1-3H3. The molecule has 1 saturated heterocycles. The van der Waals surface area contributed by atoms with Crippen LogP contribution in [0, 0.1) is 26.7 Å². The molecule has 1 heterocycles. The molecule has 1 aromatic carbocycles. The van der Waals surface area contributed by atoms with Gasteiger partial charge < -0.3 is 10.4 Å². The maximum absolute atomic E-state index is 10.6. The lowest BCUT2D eigenvalue weighted by molar-refractivity contribution is 0.0878. The van der Waals surface area contributed by atoms with Gasteiger partial charge in [0.1, 0.15) is 0 Å². The predicted octanol–water partition coefficient (Wildman–Crippen LogP) is 2.64. The summed E-state index contributed by atoms with van der Waals surface area (Å²) >= 11 is 0. The summed E-state index contributed by atoms with van der Waals surface area (Å²) in [6, 6.07) is 4.35. The molecule has 0 aromatic heterocycles. The van der Waals surface area contributed by atoms with Crippen molar-refractivity contribution in [2.75, 3.05) is 13.1 Å². The van der Waals surface area contributed by atoms with Crippen molar-refractivity contribution < 1.29 is 5.11 Å². The largest absolute Gasteiger partial charge is 0.388 e. The Hall–Kier alpha value is -0.860. The molecule has 1 aliphatic heterocycles. The van der Waals surface area contributed by atoms with E-state index in [1.807, 2.05) is 0 Å². The van der Waals surface area contributed by atoms with Crippen LogP contribution >= 0.6 is 0 Å². The maximum Gasteiger partial charge on any atom is 0.0824 e. The summed E-state index contributed by atoms with van der Waals surface area (Å²) in [7, 11) is 0. The third-order valence-electron chi connectivity index (χ3n) is 3.86. The average Bonchev–Trinajstić information content (AvgIpc) is 2.28. The van der Waals surface area contributed by atoms with Crippen molar-refractivity contribution in [1.82, 2.24) is 5.32 Å². The third kappa shape index (κ3) is 2.70. The fourth-order valence-electron chi connectivity index (χ4n) is 3.05. The molecule has 94 valence electrons. The number of benzene rings is 1. The monoisotopic (exact) mass is 233 g/mol. The van der Waals surface area contributed by atoms with Gasteiger partial charge in [0.05, 0.1) is 6.10 Å². The second-order valence-electron chi connectivity index (χ2n) is 5.34. The topological polar surface area (TPSA) is 32.3 Å². The van der Waals surface area contributed by atoms with Crippen molar-refractivity contribution >= 4 is 0 Å². The Balaban J connectivity index is 2.26. The van der Waals surface area contributed by atoms with E-state index in [4.69, 9.17) is 0 Å². The SMILES string of the molecule is Cc1cc(C)c(C(O)C2CCNCC2)c(C)c1. The van der Waals surface area contributed by atoms with Gasteiger partial charge in [-0.15, -0.1) is 0 Å². The molecule has 0 bridgehead atoms. The molecule has 1 atom stereocenters. The molecule has 2 rings (SSSR count). The van der Waals surface area contributed by atoms with Crippen molar-refractivity contribution in [3.8, 4) is 0 Å². The van der Waals surface area contributed by atoms with Gasteiger partial charge in [-0.2, -0.15) is 0 Å². The zero-order chi connectivity index (χ0) is 12.4. The Morgan fingerprint density at radius 1 is 1.12 bits per heavy atom. The number of aliphatic hydroxyl groups is 1. The van der Waals surface area contributed by atoms with E-state index >= 15 is 0 Å². The van der Waals surface area contributed by atoms with Crippen LogP contribution in [-0.4, -0.2) is 18.2 Å². The normalized spacial score (nSPS) is 19.3. The number of hydrogen-bond acceptors (Lipinski definition) is 2. The van der Waals surface area contributed by atoms with E-state index in [2.05, 4.69) is 38.2 Å². The highest BCUT2D eigenvalue weighted by Gasteiger charge is 2.25. The van der Waals surface area contributed by atoms with Gasteiger partial charge in [-0.3, -0.25) is 0 Å². The van der Waals surface area contributed by atoms with Gasteiger partial charge in [0, 0.05) is 0 Å². The zero-order valence-electron chi connectivity index (χ0n) is 11.1. The molecule has 1 fully saturated rings. The Labute approximate surface area is 104 Å². The number of piperidine rings is 1. The summed E-state index contributed by atoms with van der Waals surface area (Å²) in [4.78, 5) is 0. The van der Waals surface area contributed by atoms with E-state index < -0.39 is 0 Å². The van der Waals surface area contributed by atoms with Gasteiger partial charge in [-0.25, -0.2) is 0 Å². The summed E-state index contributed by atoms with van der Waals surface area (Å²) in [5.74, 6) is 0.413. The van der Waals surface area contributed by atoms with E-state index in [0.717, 1.165) is 31.5 Å². The first-order valence-electron chi connectivity index (χ1n) is 6.56. The van der Waals surface area contributed by atoms with Gasteiger partial charge in [-0.1, -0.05) is 17.7 Å². The molecule has 0 spiro atoms. The lowest BCUT2D eigenvalue weighted by atomic mass is 9.84. The van der Waals surface area contributed by atoms with Crippen molar-refractivity contribution in [1.29, 1.82) is 0 Å². The Morgan fingerprint density at radius 2 is 1.65 bits per heavy atom. The first-order chi connectivity index (χ1) is 8.09. The van der Waals surface area contributed by atoms with E-state index in [0.29, 0.717) is 5.92 Å². The zero-order valence-corrected chi connectivity index (χ0v) is 11.1. The Kier molecular flexibility index (Phi) is 3.85. The molecular formula is C15H23NO. The molecular weight excluding hydrogens is 210 g/mol. The van der Waals surface area contributed by atoms with Gasteiger partial charge >= 0.3 is 0 Å². The Morgan fingerprint density at radius 3 is 2.18 bits per heavy atom. The molecule has 17 heavy (non-hydrogen) atoms. The summed E-state index contributed by atoms with van der Waals surface area (Å²) in [5.41, 5.74) is 4.89. The van der Waals surface area contributed by atoms with Gasteiger partial charge in [0.25, 0.3) is 0 Å². The highest BCUT2D eigenvalue weighted by molar-refractivity contribution is 5.39. The minimum Gasteiger partial charge on any atom is -0.388 e. The van der Waals surface area contributed by atoms with Crippen LogP contribution in [0.15, 0.2) is 12.1 Å². The first kappa shape index (κ1) is 12.6. The quantitative estimate of drug-likeness (QED) is 0.823. The van der Waals surface area contributed by atoms with Crippen LogP contribution in [0.1, 0.15) is 41.2 Å². The first-order valence-corrected chi connectivity index (χ1v) is 6.56. The molecule has 1 aromatic rings. The van der Waals surface area contributed by atoms with Crippen LogP contribution < -0.4 is 5.32 Å². The second kappa shape index (κ2) is 5.19. The third-order valence-corrected chi connectivity index (χ3v) is 3.86. The van der Waals surface area contributed by atoms with Crippen molar-refractivity contribution in [2.24, 2.45) is 5.92 Å². The smallest absolute Gasteiger partial charge is 0.0824 e. The number of rotatable bonds is 2. The van der Waals surface area contributed by atoms with E-state index in [-0.39, 0.29) is 6.10 Å². The fraction of sp³-hybridized carbons (Fsp3) is 0.600. The molecule has 2 nitrogen and oxygen atoms in total. The molecule has 0 amide bonds. The molecule has 2 heteroatoms. The number of nitrogens with one attached hydrogen (secondary N) is 1. The summed E-state index contributed by atoms with van der Waals surface area (Å²) in [5, 5.41) is 13.9. The van der Waals surface area contributed by atoms with Gasteiger partial charge in [0.15, 0.2) is 0 Å². The van der Waals surface area contributed by atoms with Crippen LogP contribution in [-0.2, 0) is 0 Å². The van der Waals surface area contributed by atoms with Gasteiger partial charge in [-0.05, 0) is 69.3 Å². The molecule has 0 radical (unpaired) electrons.